The third kappa shape index (κ3) is 2.99. The van der Waals surface area contributed by atoms with Crippen LogP contribution in [0, 0.1) is 5.92 Å². The summed E-state index contributed by atoms with van der Waals surface area (Å²) in [5.41, 5.74) is 0.0555. The van der Waals surface area contributed by atoms with Gasteiger partial charge in [-0.05, 0) is 36.5 Å². The van der Waals surface area contributed by atoms with Crippen LogP contribution in [-0.4, -0.2) is 36.6 Å². The van der Waals surface area contributed by atoms with Crippen molar-refractivity contribution in [1.29, 1.82) is 0 Å². The van der Waals surface area contributed by atoms with Gasteiger partial charge in [-0.3, -0.25) is 9.69 Å². The number of ether oxygens (including phenoxy) is 2. The number of carbonyl (C=O) groups is 2. The van der Waals surface area contributed by atoms with Crippen LogP contribution in [0.3, 0.4) is 0 Å². The highest BCUT2D eigenvalue weighted by molar-refractivity contribution is 9.10. The Labute approximate surface area is 156 Å². The normalized spacial score (nSPS) is 26.1. The first-order chi connectivity index (χ1) is 11.9. The lowest BCUT2D eigenvalue weighted by atomic mass is 9.73. The number of carbonyl (C=O) groups excluding carboxylic acids is 2. The zero-order chi connectivity index (χ0) is 18.2. The Bertz CT molecular complexity index is 709. The second kappa shape index (κ2) is 6.86. The topological polar surface area (TPSA) is 67.9 Å². The molecule has 136 valence electrons. The molecular formula is C18H23BrN2O4. The smallest absolute Gasteiger partial charge is 0.325 e. The Balaban J connectivity index is 1.88. The van der Waals surface area contributed by atoms with Crippen molar-refractivity contribution in [2.45, 2.75) is 44.7 Å². The molecule has 2 aliphatic rings. The Morgan fingerprint density at radius 1 is 1.24 bits per heavy atom. The lowest BCUT2D eigenvalue weighted by Crippen LogP contribution is -2.53. The summed E-state index contributed by atoms with van der Waals surface area (Å²) in [5.74, 6) is 1.18. The number of rotatable bonds is 4. The maximum absolute atomic E-state index is 13.1. The summed E-state index contributed by atoms with van der Waals surface area (Å²) in [5, 5.41) is 2.98. The number of amides is 3. The van der Waals surface area contributed by atoms with E-state index in [1.165, 1.54) is 4.90 Å². The minimum absolute atomic E-state index is 0.119. The van der Waals surface area contributed by atoms with Crippen molar-refractivity contribution in [2.24, 2.45) is 5.92 Å². The molecule has 0 aromatic heterocycles. The Morgan fingerprint density at radius 3 is 2.56 bits per heavy atom. The van der Waals surface area contributed by atoms with Crippen molar-refractivity contribution in [1.82, 2.24) is 10.2 Å². The summed E-state index contributed by atoms with van der Waals surface area (Å²) in [6, 6.07) is 3.25. The van der Waals surface area contributed by atoms with Gasteiger partial charge in [0.15, 0.2) is 11.5 Å². The van der Waals surface area contributed by atoms with Gasteiger partial charge in [-0.25, -0.2) is 4.79 Å². The summed E-state index contributed by atoms with van der Waals surface area (Å²) in [6.45, 7) is 2.24. The van der Waals surface area contributed by atoms with Gasteiger partial charge in [0.05, 0.1) is 20.8 Å². The molecule has 0 radical (unpaired) electrons. The summed E-state index contributed by atoms with van der Waals surface area (Å²) in [6.07, 6.45) is 3.74. The van der Waals surface area contributed by atoms with E-state index in [9.17, 15) is 9.59 Å². The maximum atomic E-state index is 13.1. The van der Waals surface area contributed by atoms with Crippen LogP contribution in [0.15, 0.2) is 16.6 Å². The third-order valence-electron chi connectivity index (χ3n) is 5.38. The van der Waals surface area contributed by atoms with Crippen molar-refractivity contribution in [3.63, 3.8) is 0 Å². The molecule has 1 aromatic rings. The van der Waals surface area contributed by atoms with Crippen molar-refractivity contribution in [3.05, 3.63) is 22.2 Å². The SMILES string of the molecule is COc1cc(Br)c(CN2C(=O)N[C@@]3(CCCC[C@H]3C)C2=O)cc1OC. The van der Waals surface area contributed by atoms with E-state index in [0.717, 1.165) is 29.3 Å². The van der Waals surface area contributed by atoms with E-state index in [1.54, 1.807) is 26.4 Å². The van der Waals surface area contributed by atoms with Gasteiger partial charge in [0, 0.05) is 4.47 Å². The fourth-order valence-corrected chi connectivity index (χ4v) is 4.27. The third-order valence-corrected chi connectivity index (χ3v) is 6.12. The number of benzene rings is 1. The minimum Gasteiger partial charge on any atom is -0.493 e. The number of nitrogens with one attached hydrogen (secondary N) is 1. The quantitative estimate of drug-likeness (QED) is 0.771. The number of hydrogen-bond donors (Lipinski definition) is 1. The van der Waals surface area contributed by atoms with Gasteiger partial charge < -0.3 is 14.8 Å². The van der Waals surface area contributed by atoms with E-state index < -0.39 is 5.54 Å². The monoisotopic (exact) mass is 410 g/mol. The molecule has 0 bridgehead atoms. The van der Waals surface area contributed by atoms with Crippen LogP contribution in [0.4, 0.5) is 4.79 Å². The van der Waals surface area contributed by atoms with E-state index in [4.69, 9.17) is 9.47 Å². The molecule has 1 aliphatic heterocycles. The number of imide groups is 1. The average molecular weight is 411 g/mol. The molecule has 1 spiro atoms. The molecule has 3 amide bonds. The highest BCUT2D eigenvalue weighted by Crippen LogP contribution is 2.40. The molecule has 1 saturated carbocycles. The van der Waals surface area contributed by atoms with Crippen molar-refractivity contribution in [3.8, 4) is 11.5 Å². The van der Waals surface area contributed by atoms with Gasteiger partial charge in [0.25, 0.3) is 5.91 Å². The number of hydrogen-bond acceptors (Lipinski definition) is 4. The summed E-state index contributed by atoms with van der Waals surface area (Å²) in [7, 11) is 3.12. The number of methoxy groups -OCH3 is 2. The summed E-state index contributed by atoms with van der Waals surface area (Å²) in [4.78, 5) is 26.9. The molecule has 1 aliphatic carbocycles. The Hall–Kier alpha value is -1.76. The molecule has 1 aromatic carbocycles. The van der Waals surface area contributed by atoms with Crippen LogP contribution in [-0.2, 0) is 11.3 Å². The van der Waals surface area contributed by atoms with Crippen LogP contribution in [0.5, 0.6) is 11.5 Å². The fraction of sp³-hybridized carbons (Fsp3) is 0.556. The molecule has 1 N–H and O–H groups in total. The molecule has 7 heteroatoms. The number of urea groups is 1. The predicted molar refractivity (Wildman–Crippen MR) is 96.7 cm³/mol. The molecular weight excluding hydrogens is 388 g/mol. The first-order valence-corrected chi connectivity index (χ1v) is 9.26. The minimum atomic E-state index is -0.738. The van der Waals surface area contributed by atoms with Crippen LogP contribution >= 0.6 is 15.9 Å². The maximum Gasteiger partial charge on any atom is 0.325 e. The summed E-state index contributed by atoms with van der Waals surface area (Å²) >= 11 is 3.49. The van der Waals surface area contributed by atoms with E-state index in [-0.39, 0.29) is 24.4 Å². The van der Waals surface area contributed by atoms with Crippen LogP contribution < -0.4 is 14.8 Å². The second-order valence-corrected chi connectivity index (χ2v) is 7.59. The van der Waals surface area contributed by atoms with E-state index in [0.29, 0.717) is 17.9 Å². The van der Waals surface area contributed by atoms with Gasteiger partial charge in [-0.15, -0.1) is 0 Å². The molecule has 25 heavy (non-hydrogen) atoms. The second-order valence-electron chi connectivity index (χ2n) is 6.74. The van der Waals surface area contributed by atoms with Crippen molar-refractivity contribution in [2.75, 3.05) is 14.2 Å². The molecule has 0 unspecified atom stereocenters. The van der Waals surface area contributed by atoms with Crippen LogP contribution in [0.25, 0.3) is 0 Å². The molecule has 3 rings (SSSR count). The standard InChI is InChI=1S/C18H23BrN2O4/c1-11-6-4-5-7-18(11)16(22)21(17(23)20-18)10-12-8-14(24-2)15(25-3)9-13(12)19/h8-9,11H,4-7,10H2,1-3H3,(H,20,23)/t11-,18-/m1/s1. The molecule has 1 saturated heterocycles. The zero-order valence-corrected chi connectivity index (χ0v) is 16.3. The first-order valence-electron chi connectivity index (χ1n) is 8.47. The van der Waals surface area contributed by atoms with Crippen molar-refractivity contribution >= 4 is 27.9 Å². The lowest BCUT2D eigenvalue weighted by Gasteiger charge is -2.36. The molecule has 1 heterocycles. The average Bonchev–Trinajstić information content (AvgIpc) is 2.83. The Morgan fingerprint density at radius 2 is 1.92 bits per heavy atom. The number of nitrogens with zero attached hydrogens (tertiary/aromatic N) is 1. The highest BCUT2D eigenvalue weighted by Gasteiger charge is 2.54. The molecule has 2 atom stereocenters. The van der Waals surface area contributed by atoms with Crippen LogP contribution in [0.1, 0.15) is 38.2 Å². The molecule has 2 fully saturated rings. The molecule has 6 nitrogen and oxygen atoms in total. The van der Waals surface area contributed by atoms with Gasteiger partial charge in [0.2, 0.25) is 0 Å². The van der Waals surface area contributed by atoms with Gasteiger partial charge >= 0.3 is 6.03 Å². The summed E-state index contributed by atoms with van der Waals surface area (Å²) < 4.78 is 11.4. The highest BCUT2D eigenvalue weighted by atomic mass is 79.9. The van der Waals surface area contributed by atoms with Gasteiger partial charge in [0.1, 0.15) is 5.54 Å². The fourth-order valence-electron chi connectivity index (χ4n) is 3.83. The predicted octanol–water partition coefficient (Wildman–Crippen LogP) is 3.47. The lowest BCUT2D eigenvalue weighted by molar-refractivity contribution is -0.134. The van der Waals surface area contributed by atoms with Gasteiger partial charge in [-0.2, -0.15) is 0 Å². The van der Waals surface area contributed by atoms with Crippen molar-refractivity contribution < 1.29 is 19.1 Å². The van der Waals surface area contributed by atoms with E-state index in [1.807, 2.05) is 6.92 Å². The van der Waals surface area contributed by atoms with E-state index >= 15 is 0 Å². The first kappa shape index (κ1) is 18.0. The van der Waals surface area contributed by atoms with Gasteiger partial charge in [-0.1, -0.05) is 35.7 Å². The van der Waals surface area contributed by atoms with E-state index in [2.05, 4.69) is 21.2 Å². The Kier molecular flexibility index (Phi) is 4.95. The zero-order valence-electron chi connectivity index (χ0n) is 14.7. The number of halogens is 1. The largest absolute Gasteiger partial charge is 0.493 e. The van der Waals surface area contributed by atoms with Crippen LogP contribution in [0.2, 0.25) is 0 Å².